The number of phenols is 1. The Morgan fingerprint density at radius 1 is 1.56 bits per heavy atom. The van der Waals surface area contributed by atoms with Gasteiger partial charge in [-0.25, -0.2) is 0 Å². The maximum Gasteiger partial charge on any atom is 0.323 e. The summed E-state index contributed by atoms with van der Waals surface area (Å²) in [5, 5.41) is 9.42. The molecule has 2 rings (SSSR count). The molecule has 0 heterocycles. The van der Waals surface area contributed by atoms with Crippen LogP contribution in [-0.2, 0) is 14.9 Å². The lowest BCUT2D eigenvalue weighted by molar-refractivity contribution is -0.143. The number of hydrogen-bond donors (Lipinski definition) is 2. The molecule has 1 aromatic rings. The smallest absolute Gasteiger partial charge is 0.323 e. The zero-order chi connectivity index (χ0) is 11.8. The van der Waals surface area contributed by atoms with Crippen LogP contribution >= 0.6 is 0 Å². The fourth-order valence-electron chi connectivity index (χ4n) is 2.08. The fourth-order valence-corrected chi connectivity index (χ4v) is 2.08. The molecule has 4 nitrogen and oxygen atoms in total. The van der Waals surface area contributed by atoms with Crippen molar-refractivity contribution >= 4 is 5.97 Å². The van der Waals surface area contributed by atoms with Gasteiger partial charge in [-0.2, -0.15) is 0 Å². The maximum atomic E-state index is 11.4. The molecule has 0 bridgehead atoms. The van der Waals surface area contributed by atoms with E-state index in [1.807, 2.05) is 6.07 Å². The molecule has 0 spiro atoms. The molecule has 0 radical (unpaired) electrons. The number of esters is 1. The minimum Gasteiger partial charge on any atom is -0.508 e. The highest BCUT2D eigenvalue weighted by Crippen LogP contribution is 2.51. The van der Waals surface area contributed by atoms with Crippen LogP contribution in [0.25, 0.3) is 0 Å². The number of ether oxygens (including phenoxy) is 1. The average molecular weight is 221 g/mol. The van der Waals surface area contributed by atoms with E-state index in [1.54, 1.807) is 18.2 Å². The van der Waals surface area contributed by atoms with Gasteiger partial charge in [0.1, 0.15) is 11.8 Å². The van der Waals surface area contributed by atoms with Crippen molar-refractivity contribution in [2.75, 3.05) is 7.11 Å². The van der Waals surface area contributed by atoms with Crippen molar-refractivity contribution in [2.24, 2.45) is 5.73 Å². The number of phenolic OH excluding ortho intramolecular Hbond substituents is 1. The summed E-state index contributed by atoms with van der Waals surface area (Å²) in [6.07, 6.45) is 1.71. The fraction of sp³-hybridized carbons (Fsp3) is 0.417. The van der Waals surface area contributed by atoms with Crippen LogP contribution in [0.3, 0.4) is 0 Å². The van der Waals surface area contributed by atoms with Gasteiger partial charge in [0, 0.05) is 5.41 Å². The lowest BCUT2D eigenvalue weighted by atomic mass is 9.88. The second-order valence-electron chi connectivity index (χ2n) is 4.21. The Morgan fingerprint density at radius 2 is 2.25 bits per heavy atom. The Hall–Kier alpha value is -1.55. The van der Waals surface area contributed by atoms with Gasteiger partial charge in [-0.1, -0.05) is 12.1 Å². The Morgan fingerprint density at radius 3 is 2.75 bits per heavy atom. The van der Waals surface area contributed by atoms with Crippen LogP contribution < -0.4 is 5.73 Å². The first-order valence-electron chi connectivity index (χ1n) is 5.23. The van der Waals surface area contributed by atoms with Crippen molar-refractivity contribution in [1.82, 2.24) is 0 Å². The third kappa shape index (κ3) is 1.65. The molecule has 3 N–H and O–H groups in total. The molecule has 1 aliphatic carbocycles. The zero-order valence-electron chi connectivity index (χ0n) is 9.14. The van der Waals surface area contributed by atoms with E-state index < -0.39 is 12.0 Å². The summed E-state index contributed by atoms with van der Waals surface area (Å²) in [6.45, 7) is 0. The van der Waals surface area contributed by atoms with Gasteiger partial charge in [0.05, 0.1) is 7.11 Å². The Balaban J connectivity index is 2.29. The number of carbonyl (C=O) groups excluding carboxylic acids is 1. The second-order valence-corrected chi connectivity index (χ2v) is 4.21. The first kappa shape index (κ1) is 11.0. The molecule has 0 saturated heterocycles. The highest BCUT2D eigenvalue weighted by molar-refractivity contribution is 5.78. The minimum atomic E-state index is -0.653. The molecule has 1 saturated carbocycles. The molecule has 1 atom stereocenters. The highest BCUT2D eigenvalue weighted by Gasteiger charge is 2.52. The van der Waals surface area contributed by atoms with E-state index in [-0.39, 0.29) is 11.2 Å². The molecule has 0 amide bonds. The molecule has 4 heteroatoms. The predicted octanol–water partition coefficient (Wildman–Crippen LogP) is 0.924. The van der Waals surface area contributed by atoms with Crippen LogP contribution in [0.15, 0.2) is 24.3 Å². The van der Waals surface area contributed by atoms with E-state index in [1.165, 1.54) is 7.11 Å². The van der Waals surface area contributed by atoms with E-state index in [0.29, 0.717) is 0 Å². The van der Waals surface area contributed by atoms with Crippen LogP contribution in [0.5, 0.6) is 5.75 Å². The Labute approximate surface area is 94.0 Å². The van der Waals surface area contributed by atoms with Crippen LogP contribution in [0.1, 0.15) is 18.4 Å². The molecule has 1 aromatic carbocycles. The summed E-state index contributed by atoms with van der Waals surface area (Å²) < 4.78 is 4.66. The number of methoxy groups -OCH3 is 1. The maximum absolute atomic E-state index is 11.4. The van der Waals surface area contributed by atoms with Gasteiger partial charge in [-0.15, -0.1) is 0 Å². The van der Waals surface area contributed by atoms with Gasteiger partial charge in [0.25, 0.3) is 0 Å². The molecule has 1 fully saturated rings. The van der Waals surface area contributed by atoms with Crippen molar-refractivity contribution in [3.63, 3.8) is 0 Å². The van der Waals surface area contributed by atoms with Crippen LogP contribution in [-0.4, -0.2) is 24.2 Å². The van der Waals surface area contributed by atoms with Crippen molar-refractivity contribution in [1.29, 1.82) is 0 Å². The SMILES string of the molecule is COC(=O)C(N)C1(c2cccc(O)c2)CC1. The highest BCUT2D eigenvalue weighted by atomic mass is 16.5. The molecular weight excluding hydrogens is 206 g/mol. The van der Waals surface area contributed by atoms with E-state index in [9.17, 15) is 9.90 Å². The van der Waals surface area contributed by atoms with E-state index in [0.717, 1.165) is 18.4 Å². The van der Waals surface area contributed by atoms with Gasteiger partial charge >= 0.3 is 5.97 Å². The minimum absolute atomic E-state index is 0.195. The first-order chi connectivity index (χ1) is 7.60. The van der Waals surface area contributed by atoms with Crippen molar-refractivity contribution < 1.29 is 14.6 Å². The predicted molar refractivity (Wildman–Crippen MR) is 59.0 cm³/mol. The van der Waals surface area contributed by atoms with Crippen molar-refractivity contribution in [3.05, 3.63) is 29.8 Å². The summed E-state index contributed by atoms with van der Waals surface area (Å²) in [4.78, 5) is 11.4. The molecule has 0 aliphatic heterocycles. The van der Waals surface area contributed by atoms with Crippen LogP contribution in [0.2, 0.25) is 0 Å². The molecule has 1 unspecified atom stereocenters. The third-order valence-electron chi connectivity index (χ3n) is 3.26. The standard InChI is InChI=1S/C12H15NO3/c1-16-11(15)10(13)12(5-6-12)8-3-2-4-9(14)7-8/h2-4,7,10,14H,5-6,13H2,1H3. The number of hydrogen-bond acceptors (Lipinski definition) is 4. The van der Waals surface area contributed by atoms with Crippen molar-refractivity contribution in [2.45, 2.75) is 24.3 Å². The second kappa shape index (κ2) is 3.79. The topological polar surface area (TPSA) is 72.5 Å². The lowest BCUT2D eigenvalue weighted by Gasteiger charge is -2.21. The van der Waals surface area contributed by atoms with Gasteiger partial charge in [-0.05, 0) is 30.5 Å². The summed E-state index contributed by atoms with van der Waals surface area (Å²) in [5.74, 6) is -0.207. The Kier molecular flexibility index (Phi) is 2.59. The normalized spacial score (nSPS) is 18.9. The molecule has 16 heavy (non-hydrogen) atoms. The van der Waals surface area contributed by atoms with Crippen LogP contribution in [0.4, 0.5) is 0 Å². The number of carbonyl (C=O) groups is 1. The summed E-state index contributed by atoms with van der Waals surface area (Å²) in [6, 6.07) is 6.25. The number of nitrogens with two attached hydrogens (primary N) is 1. The summed E-state index contributed by atoms with van der Waals surface area (Å²) in [5.41, 5.74) is 6.46. The summed E-state index contributed by atoms with van der Waals surface area (Å²) >= 11 is 0. The van der Waals surface area contributed by atoms with Gasteiger partial charge < -0.3 is 15.6 Å². The largest absolute Gasteiger partial charge is 0.508 e. The van der Waals surface area contributed by atoms with Gasteiger partial charge in [0.15, 0.2) is 0 Å². The van der Waals surface area contributed by atoms with E-state index >= 15 is 0 Å². The molecular formula is C12H15NO3. The third-order valence-corrected chi connectivity index (χ3v) is 3.26. The average Bonchev–Trinajstić information content (AvgIpc) is 3.08. The lowest BCUT2D eigenvalue weighted by Crippen LogP contribution is -2.42. The van der Waals surface area contributed by atoms with Crippen LogP contribution in [0, 0.1) is 0 Å². The molecule has 86 valence electrons. The zero-order valence-corrected chi connectivity index (χ0v) is 9.14. The first-order valence-corrected chi connectivity index (χ1v) is 5.23. The number of aromatic hydroxyl groups is 1. The van der Waals surface area contributed by atoms with Gasteiger partial charge in [-0.3, -0.25) is 4.79 Å². The van der Waals surface area contributed by atoms with Crippen molar-refractivity contribution in [3.8, 4) is 5.75 Å². The summed E-state index contributed by atoms with van der Waals surface area (Å²) in [7, 11) is 1.33. The molecule has 0 aromatic heterocycles. The number of rotatable bonds is 3. The monoisotopic (exact) mass is 221 g/mol. The Bertz CT molecular complexity index is 412. The van der Waals surface area contributed by atoms with Gasteiger partial charge in [0.2, 0.25) is 0 Å². The number of benzene rings is 1. The molecule has 1 aliphatic rings. The van der Waals surface area contributed by atoms with E-state index in [4.69, 9.17) is 5.73 Å². The quantitative estimate of drug-likeness (QED) is 0.744. The van der Waals surface area contributed by atoms with E-state index in [2.05, 4.69) is 4.74 Å².